The van der Waals surface area contributed by atoms with E-state index in [4.69, 9.17) is 0 Å². The smallest absolute Gasteiger partial charge is 0.353 e. The summed E-state index contributed by atoms with van der Waals surface area (Å²) in [5.41, 5.74) is 0.157. The molecule has 0 aromatic heterocycles. The maximum absolute atomic E-state index is 11.9. The lowest BCUT2D eigenvalue weighted by Crippen LogP contribution is -2.63. The zero-order valence-corrected chi connectivity index (χ0v) is 10.1. The Kier molecular flexibility index (Phi) is 2.28. The van der Waals surface area contributed by atoms with Gasteiger partial charge in [-0.25, -0.2) is 4.79 Å². The molecule has 1 amide bonds. The zero-order valence-electron chi connectivity index (χ0n) is 9.29. The highest BCUT2D eigenvalue weighted by Crippen LogP contribution is 2.55. The second kappa shape index (κ2) is 3.49. The van der Waals surface area contributed by atoms with Gasteiger partial charge in [-0.3, -0.25) is 4.79 Å². The second-order valence-electron chi connectivity index (χ2n) is 4.73. The van der Waals surface area contributed by atoms with Gasteiger partial charge in [-0.15, -0.1) is 11.8 Å². The van der Waals surface area contributed by atoms with Gasteiger partial charge in [0, 0.05) is 10.8 Å². The van der Waals surface area contributed by atoms with E-state index < -0.39 is 18.0 Å². The molecule has 92 valence electrons. The number of thioether (sulfide) groups is 1. The van der Waals surface area contributed by atoms with Gasteiger partial charge < -0.3 is 15.1 Å². The molecule has 3 aliphatic rings. The summed E-state index contributed by atoms with van der Waals surface area (Å²) in [5.74, 6) is -0.667. The van der Waals surface area contributed by atoms with Crippen molar-refractivity contribution in [1.29, 1.82) is 0 Å². The van der Waals surface area contributed by atoms with Gasteiger partial charge in [-0.2, -0.15) is 0 Å². The van der Waals surface area contributed by atoms with Crippen LogP contribution in [0.3, 0.4) is 0 Å². The summed E-state index contributed by atoms with van der Waals surface area (Å²) in [7, 11) is 0. The highest BCUT2D eigenvalue weighted by molar-refractivity contribution is 8.03. The van der Waals surface area contributed by atoms with Crippen molar-refractivity contribution in [1.82, 2.24) is 4.90 Å². The van der Waals surface area contributed by atoms with Crippen molar-refractivity contribution < 1.29 is 19.8 Å². The van der Waals surface area contributed by atoms with E-state index in [1.54, 1.807) is 6.92 Å². The molecular formula is C11H13NO4S. The molecule has 4 atom stereocenters. The third-order valence-corrected chi connectivity index (χ3v) is 5.07. The number of carbonyl (C=O) groups excluding carboxylic acids is 1. The van der Waals surface area contributed by atoms with Gasteiger partial charge in [-0.1, -0.05) is 0 Å². The molecule has 0 aromatic rings. The first-order chi connectivity index (χ1) is 8.04. The molecule has 5 nitrogen and oxygen atoms in total. The predicted molar refractivity (Wildman–Crippen MR) is 61.0 cm³/mol. The largest absolute Gasteiger partial charge is 0.477 e. The number of hydrogen-bond acceptors (Lipinski definition) is 4. The van der Waals surface area contributed by atoms with E-state index in [0.29, 0.717) is 0 Å². The summed E-state index contributed by atoms with van der Waals surface area (Å²) in [6.07, 6.45) is 0.192. The Morgan fingerprint density at radius 3 is 2.88 bits per heavy atom. The third kappa shape index (κ3) is 1.25. The first kappa shape index (κ1) is 11.1. The molecule has 3 rings (SSSR count). The predicted octanol–water partition coefficient (Wildman–Crippen LogP) is 0.257. The first-order valence-corrected chi connectivity index (χ1v) is 6.64. The van der Waals surface area contributed by atoms with Gasteiger partial charge in [-0.05, 0) is 19.1 Å². The van der Waals surface area contributed by atoms with E-state index in [1.165, 1.54) is 16.7 Å². The van der Waals surface area contributed by atoms with Gasteiger partial charge >= 0.3 is 5.97 Å². The van der Waals surface area contributed by atoms with Crippen LogP contribution in [-0.4, -0.2) is 44.9 Å². The molecule has 17 heavy (non-hydrogen) atoms. The lowest BCUT2D eigenvalue weighted by molar-refractivity contribution is -0.163. The Morgan fingerprint density at radius 1 is 1.59 bits per heavy atom. The Bertz CT molecular complexity index is 445. The van der Waals surface area contributed by atoms with Gasteiger partial charge in [0.2, 0.25) is 5.91 Å². The highest BCUT2D eigenvalue weighted by atomic mass is 32.2. The van der Waals surface area contributed by atoms with Crippen molar-refractivity contribution in [3.05, 3.63) is 10.6 Å². The molecule has 6 heteroatoms. The number of carbonyl (C=O) groups is 2. The van der Waals surface area contributed by atoms with Crippen LogP contribution >= 0.6 is 11.8 Å². The topological polar surface area (TPSA) is 77.8 Å². The number of amides is 1. The number of carboxylic acids is 1. The van der Waals surface area contributed by atoms with E-state index in [-0.39, 0.29) is 23.6 Å². The average molecular weight is 255 g/mol. The number of hydrogen-bond donors (Lipinski definition) is 2. The fraction of sp³-hybridized carbons (Fsp3) is 0.636. The molecule has 2 fully saturated rings. The van der Waals surface area contributed by atoms with Crippen LogP contribution in [-0.2, 0) is 9.59 Å². The fourth-order valence-electron chi connectivity index (χ4n) is 3.14. The van der Waals surface area contributed by atoms with Crippen LogP contribution in [0.5, 0.6) is 0 Å². The molecule has 0 radical (unpaired) electrons. The van der Waals surface area contributed by atoms with Crippen LogP contribution in [0.25, 0.3) is 0 Å². The molecule has 0 aromatic carbocycles. The SMILES string of the molecule is C[C@@H](O)[C@H]1C(=O)N2C(C(=O)O)=C3SCC[C@@H]3[C@H]12. The van der Waals surface area contributed by atoms with Crippen LogP contribution in [0, 0.1) is 11.8 Å². The molecular weight excluding hydrogens is 242 g/mol. The molecule has 3 heterocycles. The minimum Gasteiger partial charge on any atom is -0.477 e. The molecule has 3 aliphatic heterocycles. The number of aliphatic hydroxyl groups is 1. The van der Waals surface area contributed by atoms with Crippen molar-refractivity contribution >= 4 is 23.6 Å². The van der Waals surface area contributed by atoms with Gasteiger partial charge in [0.15, 0.2) is 0 Å². The molecule has 0 unspecified atom stereocenters. The van der Waals surface area contributed by atoms with Gasteiger partial charge in [0.1, 0.15) is 5.70 Å². The molecule has 2 saturated heterocycles. The molecule has 0 aliphatic carbocycles. The number of aliphatic carboxylic acids is 1. The Morgan fingerprint density at radius 2 is 2.29 bits per heavy atom. The van der Waals surface area contributed by atoms with Crippen LogP contribution in [0.2, 0.25) is 0 Å². The van der Waals surface area contributed by atoms with Gasteiger partial charge in [0.25, 0.3) is 0 Å². The van der Waals surface area contributed by atoms with Crippen molar-refractivity contribution in [3.63, 3.8) is 0 Å². The summed E-state index contributed by atoms with van der Waals surface area (Å²) >= 11 is 1.54. The Balaban J connectivity index is 2.01. The Hall–Kier alpha value is -1.01. The number of nitrogens with zero attached hydrogens (tertiary/aromatic N) is 1. The molecule has 0 bridgehead atoms. The quantitative estimate of drug-likeness (QED) is 0.692. The molecule has 0 saturated carbocycles. The normalized spacial score (nSPS) is 36.7. The monoisotopic (exact) mass is 255 g/mol. The van der Waals surface area contributed by atoms with Crippen LogP contribution in [0.1, 0.15) is 13.3 Å². The summed E-state index contributed by atoms with van der Waals surface area (Å²) in [6.45, 7) is 1.60. The zero-order chi connectivity index (χ0) is 12.3. The lowest BCUT2D eigenvalue weighted by atomic mass is 9.78. The second-order valence-corrected chi connectivity index (χ2v) is 5.86. The third-order valence-electron chi connectivity index (χ3n) is 3.82. The van der Waals surface area contributed by atoms with Crippen LogP contribution in [0.4, 0.5) is 0 Å². The summed E-state index contributed by atoms with van der Waals surface area (Å²) in [4.78, 5) is 25.3. The Labute approximate surface area is 102 Å². The number of rotatable bonds is 2. The number of carboxylic acid groups (broad SMARTS) is 1. The van der Waals surface area contributed by atoms with E-state index in [0.717, 1.165) is 17.1 Å². The van der Waals surface area contributed by atoms with Gasteiger partial charge in [0.05, 0.1) is 18.1 Å². The maximum Gasteiger partial charge on any atom is 0.353 e. The number of aliphatic hydroxyl groups excluding tert-OH is 1. The lowest BCUT2D eigenvalue weighted by Gasteiger charge is -2.46. The average Bonchev–Trinajstić information content (AvgIpc) is 2.75. The van der Waals surface area contributed by atoms with E-state index in [2.05, 4.69) is 0 Å². The highest BCUT2D eigenvalue weighted by Gasteiger charge is 2.61. The maximum atomic E-state index is 11.9. The standard InChI is InChI=1S/C11H13NO4S/c1-4(13)6-7-5-2-3-17-9(5)8(11(15)16)12(7)10(6)14/h4-7,13H,2-3H2,1H3,(H,15,16)/t4-,5-,6-,7-/m1/s1. The van der Waals surface area contributed by atoms with Crippen molar-refractivity contribution in [2.45, 2.75) is 25.5 Å². The first-order valence-electron chi connectivity index (χ1n) is 5.65. The summed E-state index contributed by atoms with van der Waals surface area (Å²) < 4.78 is 0. The molecule has 0 spiro atoms. The number of fused-ring (bicyclic) bond motifs is 3. The van der Waals surface area contributed by atoms with Crippen molar-refractivity contribution in [2.24, 2.45) is 11.8 Å². The van der Waals surface area contributed by atoms with E-state index >= 15 is 0 Å². The van der Waals surface area contributed by atoms with E-state index in [1.807, 2.05) is 0 Å². The van der Waals surface area contributed by atoms with Crippen molar-refractivity contribution in [3.8, 4) is 0 Å². The van der Waals surface area contributed by atoms with Crippen LogP contribution in [0.15, 0.2) is 10.6 Å². The minimum absolute atomic E-state index is 0.126. The van der Waals surface area contributed by atoms with Crippen LogP contribution < -0.4 is 0 Å². The summed E-state index contributed by atoms with van der Waals surface area (Å²) in [6, 6.07) is -0.126. The van der Waals surface area contributed by atoms with E-state index in [9.17, 15) is 19.8 Å². The summed E-state index contributed by atoms with van der Waals surface area (Å²) in [5, 5.41) is 18.8. The fourth-order valence-corrected chi connectivity index (χ4v) is 4.53. The molecule has 2 N–H and O–H groups in total. The minimum atomic E-state index is -1.03. The van der Waals surface area contributed by atoms with Crippen molar-refractivity contribution in [2.75, 3.05) is 5.75 Å². The number of β-lactam (4-membered cyclic amide) rings is 1.